The second-order valence-electron chi connectivity index (χ2n) is 4.85. The van der Waals surface area contributed by atoms with Crippen molar-refractivity contribution >= 4 is 31.4 Å². The summed E-state index contributed by atoms with van der Waals surface area (Å²) in [5, 5.41) is 0. The summed E-state index contributed by atoms with van der Waals surface area (Å²) >= 11 is -2.56. The molecule has 90 valence electrons. The maximum absolute atomic E-state index is 6.80. The topological polar surface area (TPSA) is 0 Å². The van der Waals surface area contributed by atoms with Gasteiger partial charge in [-0.25, -0.2) is 0 Å². The van der Waals surface area contributed by atoms with Crippen LogP contribution in [0.2, 0.25) is 9.50 Å². The Balaban J connectivity index is 2.99. The molecule has 1 aliphatic heterocycles. The van der Waals surface area contributed by atoms with Crippen molar-refractivity contribution in [2.75, 3.05) is 0 Å². The summed E-state index contributed by atoms with van der Waals surface area (Å²) in [5.41, 5.74) is 0. The molecule has 15 heavy (non-hydrogen) atoms. The van der Waals surface area contributed by atoms with E-state index in [0.29, 0.717) is 9.50 Å². The number of hydrogen-bond donors (Lipinski definition) is 0. The third-order valence-electron chi connectivity index (χ3n) is 4.39. The van der Waals surface area contributed by atoms with Crippen LogP contribution < -0.4 is 0 Å². The van der Waals surface area contributed by atoms with Gasteiger partial charge in [-0.05, 0) is 0 Å². The summed E-state index contributed by atoms with van der Waals surface area (Å²) in [5.74, 6) is 1.61. The molecule has 0 saturated carbocycles. The van der Waals surface area contributed by atoms with Crippen molar-refractivity contribution < 1.29 is 0 Å². The molecule has 0 nitrogen and oxygen atoms in total. The minimum absolute atomic E-state index is 0.674. The van der Waals surface area contributed by atoms with Gasteiger partial charge in [0.2, 0.25) is 0 Å². The summed E-state index contributed by atoms with van der Waals surface area (Å²) in [7, 11) is 13.6. The van der Waals surface area contributed by atoms with E-state index in [1.807, 2.05) is 0 Å². The first-order chi connectivity index (χ1) is 7.04. The Morgan fingerprint density at radius 2 is 1.07 bits per heavy atom. The van der Waals surface area contributed by atoms with Crippen LogP contribution >= 0.6 is 20.0 Å². The summed E-state index contributed by atoms with van der Waals surface area (Å²) in [6.07, 6.45) is 4.91. The van der Waals surface area contributed by atoms with E-state index in [9.17, 15) is 0 Å². The van der Waals surface area contributed by atoms with Crippen LogP contribution in [0.25, 0.3) is 0 Å². The molecule has 0 bridgehead atoms. The monoisotopic (exact) mass is 312 g/mol. The summed E-state index contributed by atoms with van der Waals surface area (Å²) < 4.78 is 1.35. The van der Waals surface area contributed by atoms with Crippen LogP contribution in [-0.2, 0) is 0 Å². The number of hydrogen-bond acceptors (Lipinski definition) is 0. The summed E-state index contributed by atoms with van der Waals surface area (Å²) in [6.45, 7) is 9.14. The molecule has 0 amide bonds. The molecule has 0 aromatic carbocycles. The van der Waals surface area contributed by atoms with Crippen molar-refractivity contribution in [2.45, 2.75) is 62.9 Å². The molecule has 0 aromatic heterocycles. The standard InChI is InChI=1S/C12H24Cl2Ge/c1-5-9-10(6-2)12(8-4)15(13,14)11(9)7-3/h9-12H,5-8H2,1-4H3. The Kier molecular flexibility index (Phi) is 5.33. The Labute approximate surface area is 106 Å². The SMILES string of the molecule is CCC1C(CC)[CH](CC)[Ge]([Cl])([Cl])[CH]1CC. The average Bonchev–Trinajstić information content (AvgIpc) is 2.43. The van der Waals surface area contributed by atoms with Gasteiger partial charge in [-0.1, -0.05) is 0 Å². The normalized spacial score (nSPS) is 39.6. The first-order valence-corrected chi connectivity index (χ1v) is 14.4. The van der Waals surface area contributed by atoms with E-state index in [-0.39, 0.29) is 0 Å². The van der Waals surface area contributed by atoms with Gasteiger partial charge < -0.3 is 0 Å². The second kappa shape index (κ2) is 5.64. The average molecular weight is 312 g/mol. The van der Waals surface area contributed by atoms with E-state index in [2.05, 4.69) is 27.7 Å². The van der Waals surface area contributed by atoms with Crippen LogP contribution in [0.3, 0.4) is 0 Å². The molecule has 4 atom stereocenters. The molecule has 0 aromatic rings. The van der Waals surface area contributed by atoms with Crippen LogP contribution in [0.15, 0.2) is 0 Å². The van der Waals surface area contributed by atoms with Gasteiger partial charge in [0, 0.05) is 0 Å². The van der Waals surface area contributed by atoms with Crippen molar-refractivity contribution in [1.29, 1.82) is 0 Å². The van der Waals surface area contributed by atoms with Crippen molar-refractivity contribution in [2.24, 2.45) is 11.8 Å². The first-order valence-electron chi connectivity index (χ1n) is 6.42. The molecule has 1 rings (SSSR count). The van der Waals surface area contributed by atoms with Gasteiger partial charge in [-0.3, -0.25) is 0 Å². The predicted molar refractivity (Wildman–Crippen MR) is 73.1 cm³/mol. The molecule has 3 heteroatoms. The Hall–Kier alpha value is 1.12. The second-order valence-corrected chi connectivity index (χ2v) is 18.3. The molecular formula is C12H24Cl2Ge. The van der Waals surface area contributed by atoms with E-state index in [1.54, 1.807) is 0 Å². The molecular weight excluding hydrogens is 288 g/mol. The van der Waals surface area contributed by atoms with Gasteiger partial charge in [-0.15, -0.1) is 0 Å². The van der Waals surface area contributed by atoms with Crippen molar-refractivity contribution in [3.05, 3.63) is 0 Å². The third kappa shape index (κ3) is 2.37. The molecule has 0 spiro atoms. The molecule has 1 saturated heterocycles. The van der Waals surface area contributed by atoms with Gasteiger partial charge in [0.1, 0.15) is 0 Å². The molecule has 0 radical (unpaired) electrons. The predicted octanol–water partition coefficient (Wildman–Crippen LogP) is 5.53. The van der Waals surface area contributed by atoms with Gasteiger partial charge in [0.15, 0.2) is 0 Å². The Bertz CT molecular complexity index is 186. The summed E-state index contributed by atoms with van der Waals surface area (Å²) in [4.78, 5) is 0. The zero-order valence-electron chi connectivity index (χ0n) is 10.4. The molecule has 1 heterocycles. The zero-order valence-corrected chi connectivity index (χ0v) is 14.0. The van der Waals surface area contributed by atoms with E-state index in [4.69, 9.17) is 20.0 Å². The van der Waals surface area contributed by atoms with Crippen LogP contribution in [0.4, 0.5) is 0 Å². The van der Waals surface area contributed by atoms with Gasteiger partial charge >= 0.3 is 106 Å². The van der Waals surface area contributed by atoms with E-state index in [0.717, 1.165) is 11.8 Å². The van der Waals surface area contributed by atoms with Gasteiger partial charge in [0.25, 0.3) is 0 Å². The van der Waals surface area contributed by atoms with Crippen LogP contribution in [0, 0.1) is 11.8 Å². The Morgan fingerprint density at radius 1 is 0.733 bits per heavy atom. The minimum atomic E-state index is -2.56. The fraction of sp³-hybridized carbons (Fsp3) is 1.00. The maximum atomic E-state index is 6.80. The van der Waals surface area contributed by atoms with E-state index >= 15 is 0 Å². The number of rotatable bonds is 4. The van der Waals surface area contributed by atoms with Gasteiger partial charge in [0.05, 0.1) is 0 Å². The first kappa shape index (κ1) is 14.2. The fourth-order valence-corrected chi connectivity index (χ4v) is 18.2. The summed E-state index contributed by atoms with van der Waals surface area (Å²) in [6, 6.07) is 0. The van der Waals surface area contributed by atoms with E-state index in [1.165, 1.54) is 25.7 Å². The third-order valence-corrected chi connectivity index (χ3v) is 17.9. The molecule has 1 aliphatic rings. The van der Waals surface area contributed by atoms with Crippen molar-refractivity contribution in [3.8, 4) is 0 Å². The Morgan fingerprint density at radius 3 is 1.27 bits per heavy atom. The van der Waals surface area contributed by atoms with E-state index < -0.39 is 11.4 Å². The number of halogens is 2. The van der Waals surface area contributed by atoms with Crippen molar-refractivity contribution in [3.63, 3.8) is 0 Å². The van der Waals surface area contributed by atoms with Crippen molar-refractivity contribution in [1.82, 2.24) is 0 Å². The molecule has 0 aliphatic carbocycles. The quantitative estimate of drug-likeness (QED) is 0.599. The van der Waals surface area contributed by atoms with Crippen LogP contribution in [0.5, 0.6) is 0 Å². The zero-order chi connectivity index (χ0) is 11.6. The molecule has 4 unspecified atom stereocenters. The van der Waals surface area contributed by atoms with Crippen LogP contribution in [-0.4, -0.2) is 11.4 Å². The van der Waals surface area contributed by atoms with Gasteiger partial charge in [-0.2, -0.15) is 0 Å². The van der Waals surface area contributed by atoms with Crippen LogP contribution in [0.1, 0.15) is 53.4 Å². The molecule has 1 fully saturated rings. The molecule has 0 N–H and O–H groups in total. The fourth-order valence-electron chi connectivity index (χ4n) is 3.77.